The molecule has 1 aliphatic carbocycles. The van der Waals surface area contributed by atoms with Crippen LogP contribution in [0.3, 0.4) is 0 Å². The summed E-state index contributed by atoms with van der Waals surface area (Å²) in [6.07, 6.45) is 8.27. The van der Waals surface area contributed by atoms with Crippen LogP contribution in [-0.2, 0) is 4.79 Å². The van der Waals surface area contributed by atoms with E-state index in [1.807, 2.05) is 12.4 Å². The molecule has 1 aromatic rings. The number of rotatable bonds is 4. The van der Waals surface area contributed by atoms with Gasteiger partial charge in [0.2, 0.25) is 5.91 Å². The van der Waals surface area contributed by atoms with Crippen molar-refractivity contribution >= 4 is 22.4 Å². The normalized spacial score (nSPS) is 19.1. The second-order valence-corrected chi connectivity index (χ2v) is 6.48. The van der Waals surface area contributed by atoms with Crippen LogP contribution in [0, 0.1) is 5.92 Å². The fourth-order valence-electron chi connectivity index (χ4n) is 2.62. The van der Waals surface area contributed by atoms with Crippen LogP contribution in [0.2, 0.25) is 0 Å². The van der Waals surface area contributed by atoms with E-state index in [9.17, 15) is 4.79 Å². The van der Waals surface area contributed by atoms with Gasteiger partial charge in [-0.15, -0.1) is 11.3 Å². The van der Waals surface area contributed by atoms with Crippen LogP contribution in [0.1, 0.15) is 63.6 Å². The molecular weight excluding hydrogens is 270 g/mol. The first-order valence-corrected chi connectivity index (χ1v) is 8.52. The highest BCUT2D eigenvalue weighted by Crippen LogP contribution is 2.25. The van der Waals surface area contributed by atoms with Crippen LogP contribution in [0.4, 0.5) is 5.13 Å². The average molecular weight is 295 g/mol. The fourth-order valence-corrected chi connectivity index (χ4v) is 3.42. The molecule has 1 aromatic heterocycles. The number of thiazole rings is 1. The number of nitrogens with one attached hydrogen (secondary N) is 2. The Morgan fingerprint density at radius 3 is 2.60 bits per heavy atom. The van der Waals surface area contributed by atoms with Gasteiger partial charge >= 0.3 is 0 Å². The third-order valence-corrected chi connectivity index (χ3v) is 4.88. The lowest BCUT2D eigenvalue weighted by molar-refractivity contribution is -0.120. The van der Waals surface area contributed by atoms with E-state index in [0.29, 0.717) is 0 Å². The molecule has 1 aliphatic rings. The quantitative estimate of drug-likeness (QED) is 0.890. The molecule has 5 heteroatoms. The monoisotopic (exact) mass is 295 g/mol. The number of nitrogens with zero attached hydrogens (tertiary/aromatic N) is 1. The molecule has 0 radical (unpaired) electrons. The zero-order valence-electron chi connectivity index (χ0n) is 12.4. The zero-order chi connectivity index (χ0) is 14.4. The van der Waals surface area contributed by atoms with Crippen LogP contribution >= 0.6 is 11.3 Å². The van der Waals surface area contributed by atoms with E-state index in [2.05, 4.69) is 22.5 Å². The van der Waals surface area contributed by atoms with Crippen molar-refractivity contribution < 1.29 is 4.79 Å². The van der Waals surface area contributed by atoms with Gasteiger partial charge in [-0.1, -0.05) is 32.1 Å². The molecule has 20 heavy (non-hydrogen) atoms. The summed E-state index contributed by atoms with van der Waals surface area (Å²) in [7, 11) is 1.91. The molecule has 0 aliphatic heterocycles. The van der Waals surface area contributed by atoms with Gasteiger partial charge in [0.05, 0.1) is 5.69 Å². The van der Waals surface area contributed by atoms with Crippen molar-refractivity contribution in [3.05, 3.63) is 11.1 Å². The number of anilines is 1. The van der Waals surface area contributed by atoms with E-state index in [-0.39, 0.29) is 17.9 Å². The van der Waals surface area contributed by atoms with Gasteiger partial charge in [0.25, 0.3) is 0 Å². The molecule has 1 atom stereocenters. The summed E-state index contributed by atoms with van der Waals surface area (Å²) in [6, 6.07) is 0.221. The Morgan fingerprint density at radius 2 is 1.95 bits per heavy atom. The van der Waals surface area contributed by atoms with E-state index >= 15 is 0 Å². The van der Waals surface area contributed by atoms with E-state index in [4.69, 9.17) is 0 Å². The number of carbonyl (C=O) groups is 1. The lowest BCUT2D eigenvalue weighted by Gasteiger charge is -2.18. The molecule has 1 heterocycles. The van der Waals surface area contributed by atoms with Gasteiger partial charge in [-0.2, -0.15) is 0 Å². The Bertz CT molecular complexity index is 425. The van der Waals surface area contributed by atoms with Crippen LogP contribution in [-0.4, -0.2) is 17.9 Å². The fraction of sp³-hybridized carbons (Fsp3) is 0.733. The molecule has 1 saturated carbocycles. The Balaban J connectivity index is 1.91. The van der Waals surface area contributed by atoms with E-state index in [1.165, 1.54) is 43.4 Å². The third-order valence-electron chi connectivity index (χ3n) is 4.10. The van der Waals surface area contributed by atoms with Gasteiger partial charge in [0, 0.05) is 17.3 Å². The van der Waals surface area contributed by atoms with Crippen molar-refractivity contribution in [2.24, 2.45) is 5.92 Å². The van der Waals surface area contributed by atoms with Crippen molar-refractivity contribution in [2.45, 2.75) is 57.9 Å². The Labute approximate surface area is 125 Å². The summed E-state index contributed by atoms with van der Waals surface area (Å²) >= 11 is 1.51. The summed E-state index contributed by atoms with van der Waals surface area (Å²) < 4.78 is 0. The highest BCUT2D eigenvalue weighted by atomic mass is 32.1. The topological polar surface area (TPSA) is 54.0 Å². The summed E-state index contributed by atoms with van der Waals surface area (Å²) in [5.74, 6) is 0.328. The van der Waals surface area contributed by atoms with Gasteiger partial charge in [0.15, 0.2) is 5.13 Å². The minimum Gasteiger partial charge on any atom is -0.312 e. The summed E-state index contributed by atoms with van der Waals surface area (Å²) in [4.78, 5) is 16.8. The lowest BCUT2D eigenvalue weighted by Crippen LogP contribution is -2.23. The molecular formula is C15H25N3OS. The predicted molar refractivity (Wildman–Crippen MR) is 84.0 cm³/mol. The Hall–Kier alpha value is -0.940. The van der Waals surface area contributed by atoms with Gasteiger partial charge in [0.1, 0.15) is 0 Å². The number of aromatic nitrogens is 1. The first kappa shape index (κ1) is 15.4. The van der Waals surface area contributed by atoms with Crippen LogP contribution in [0.25, 0.3) is 0 Å². The number of hydrogen-bond donors (Lipinski definition) is 2. The molecule has 1 unspecified atom stereocenters. The Morgan fingerprint density at radius 1 is 1.30 bits per heavy atom. The molecule has 0 aromatic carbocycles. The molecule has 0 saturated heterocycles. The molecule has 1 fully saturated rings. The average Bonchev–Trinajstić information content (AvgIpc) is 2.85. The van der Waals surface area contributed by atoms with Gasteiger partial charge in [-0.3, -0.25) is 4.79 Å². The van der Waals surface area contributed by atoms with Gasteiger partial charge < -0.3 is 10.6 Å². The van der Waals surface area contributed by atoms with Crippen molar-refractivity contribution in [3.63, 3.8) is 0 Å². The van der Waals surface area contributed by atoms with Gasteiger partial charge in [-0.05, 0) is 26.8 Å². The molecule has 2 rings (SSSR count). The van der Waals surface area contributed by atoms with Crippen LogP contribution in [0.5, 0.6) is 0 Å². The summed E-state index contributed by atoms with van der Waals surface area (Å²) in [5, 5.41) is 8.90. The highest BCUT2D eigenvalue weighted by Gasteiger charge is 2.20. The minimum absolute atomic E-state index is 0.157. The molecule has 2 N–H and O–H groups in total. The minimum atomic E-state index is 0.157. The number of amides is 1. The van der Waals surface area contributed by atoms with Gasteiger partial charge in [-0.25, -0.2) is 4.98 Å². The number of carbonyl (C=O) groups excluding carboxylic acids is 1. The second-order valence-electron chi connectivity index (χ2n) is 5.62. The van der Waals surface area contributed by atoms with E-state index in [0.717, 1.165) is 23.7 Å². The van der Waals surface area contributed by atoms with Crippen molar-refractivity contribution in [1.82, 2.24) is 10.3 Å². The summed E-state index contributed by atoms with van der Waals surface area (Å²) in [5.41, 5.74) is 0.991. The molecule has 1 amide bonds. The smallest absolute Gasteiger partial charge is 0.229 e. The standard InChI is InChI=1S/C15H25N3OS/c1-11(16-2)13-10-20-15(17-13)18-14(19)12-8-6-4-3-5-7-9-12/h10-12,16H,3-9H2,1-2H3,(H,17,18,19). The predicted octanol–water partition coefficient (Wildman–Crippen LogP) is 3.72. The maximum Gasteiger partial charge on any atom is 0.229 e. The highest BCUT2D eigenvalue weighted by molar-refractivity contribution is 7.13. The van der Waals surface area contributed by atoms with Crippen molar-refractivity contribution in [1.29, 1.82) is 0 Å². The van der Waals surface area contributed by atoms with Crippen molar-refractivity contribution in [2.75, 3.05) is 12.4 Å². The van der Waals surface area contributed by atoms with E-state index < -0.39 is 0 Å². The third kappa shape index (κ3) is 4.28. The molecule has 0 bridgehead atoms. The first-order chi connectivity index (χ1) is 9.70. The van der Waals surface area contributed by atoms with E-state index in [1.54, 1.807) is 0 Å². The van der Waals surface area contributed by atoms with Crippen molar-refractivity contribution in [3.8, 4) is 0 Å². The maximum absolute atomic E-state index is 12.3. The maximum atomic E-state index is 12.3. The second kappa shape index (κ2) is 7.74. The summed E-state index contributed by atoms with van der Waals surface area (Å²) in [6.45, 7) is 2.06. The van der Waals surface area contributed by atoms with Crippen LogP contribution < -0.4 is 10.6 Å². The first-order valence-electron chi connectivity index (χ1n) is 7.64. The lowest BCUT2D eigenvalue weighted by atomic mass is 9.90. The SMILES string of the molecule is CNC(C)c1csc(NC(=O)C2CCCCCCC2)n1. The zero-order valence-corrected chi connectivity index (χ0v) is 13.3. The molecule has 0 spiro atoms. The largest absolute Gasteiger partial charge is 0.312 e. The Kier molecular flexibility index (Phi) is 5.98. The molecule has 112 valence electrons. The van der Waals surface area contributed by atoms with Crippen LogP contribution in [0.15, 0.2) is 5.38 Å². The molecule has 4 nitrogen and oxygen atoms in total. The number of hydrogen-bond acceptors (Lipinski definition) is 4.